The number of non-ortho nitro benzene ring substituents is 1. The van der Waals surface area contributed by atoms with Crippen LogP contribution in [0, 0.1) is 10.1 Å². The third kappa shape index (κ3) is 3.92. The molecule has 136 valence electrons. The zero-order valence-corrected chi connectivity index (χ0v) is 15.6. The topological polar surface area (TPSA) is 80.5 Å². The number of ether oxygens (including phenoxy) is 1. The van der Waals surface area contributed by atoms with Crippen LogP contribution in [0.25, 0.3) is 10.2 Å². The lowest BCUT2D eigenvalue weighted by molar-refractivity contribution is -0.384. The maximum absolute atomic E-state index is 10.9. The van der Waals surface area contributed by atoms with Crippen molar-refractivity contribution in [3.8, 4) is 5.75 Å². The molecule has 0 saturated carbocycles. The first-order chi connectivity index (χ1) is 12.5. The van der Waals surface area contributed by atoms with Gasteiger partial charge in [0.2, 0.25) is 0 Å². The van der Waals surface area contributed by atoms with Gasteiger partial charge in [-0.1, -0.05) is 23.5 Å². The van der Waals surface area contributed by atoms with E-state index in [2.05, 4.69) is 15.2 Å². The summed E-state index contributed by atoms with van der Waals surface area (Å²) < 4.78 is 6.01. The van der Waals surface area contributed by atoms with Crippen molar-refractivity contribution in [2.24, 2.45) is 0 Å². The summed E-state index contributed by atoms with van der Waals surface area (Å²) in [5.74, 6) is 0.826. The molecule has 0 spiro atoms. The lowest BCUT2D eigenvalue weighted by Crippen LogP contribution is -2.26. The second-order valence-corrected chi connectivity index (χ2v) is 7.09. The van der Waals surface area contributed by atoms with E-state index < -0.39 is 4.92 Å². The van der Waals surface area contributed by atoms with E-state index in [1.807, 2.05) is 38.4 Å². The van der Waals surface area contributed by atoms with Crippen LogP contribution in [-0.4, -0.2) is 42.6 Å². The number of benzene rings is 2. The molecule has 0 aliphatic rings. The zero-order chi connectivity index (χ0) is 18.7. The molecule has 0 saturated heterocycles. The van der Waals surface area contributed by atoms with Gasteiger partial charge in [-0.2, -0.15) is 0 Å². The fourth-order valence-corrected chi connectivity index (χ4v) is 3.62. The molecule has 1 heterocycles. The summed E-state index contributed by atoms with van der Waals surface area (Å²) in [6, 6.07) is 12.9. The molecule has 0 amide bonds. The van der Waals surface area contributed by atoms with E-state index in [1.165, 1.54) is 23.0 Å². The summed E-state index contributed by atoms with van der Waals surface area (Å²) in [4.78, 5) is 17.2. The van der Waals surface area contributed by atoms with Crippen LogP contribution >= 0.6 is 11.3 Å². The second kappa shape index (κ2) is 7.67. The van der Waals surface area contributed by atoms with Crippen LogP contribution in [0.2, 0.25) is 0 Å². The average Bonchev–Trinajstić information content (AvgIpc) is 3.04. The smallest absolute Gasteiger partial charge is 0.270 e. The van der Waals surface area contributed by atoms with Crippen LogP contribution in [0.5, 0.6) is 5.75 Å². The summed E-state index contributed by atoms with van der Waals surface area (Å²) in [5.41, 5.74) is 2.01. The number of anilines is 1. The third-order valence-electron chi connectivity index (χ3n) is 4.15. The number of hydrogen-bond acceptors (Lipinski definition) is 7. The zero-order valence-electron chi connectivity index (χ0n) is 14.8. The summed E-state index contributed by atoms with van der Waals surface area (Å²) in [6.07, 6.45) is 0. The Labute approximate surface area is 155 Å². The van der Waals surface area contributed by atoms with Crippen LogP contribution in [-0.2, 0) is 0 Å². The lowest BCUT2D eigenvalue weighted by Gasteiger charge is -2.25. The Morgan fingerprint density at radius 1 is 1.27 bits per heavy atom. The van der Waals surface area contributed by atoms with Crippen LogP contribution < -0.4 is 10.1 Å². The van der Waals surface area contributed by atoms with E-state index in [0.29, 0.717) is 6.54 Å². The standard InChI is InChI=1S/C18H20N4O3S/c1-21(2)16(12-4-7-14(25-3)8-5-12)11-19-18-20-15-9-6-13(22(23)24)10-17(15)26-18/h4-10,16H,11H2,1-3H3,(H,19,20). The van der Waals surface area contributed by atoms with Crippen molar-refractivity contribution in [3.63, 3.8) is 0 Å². The molecular weight excluding hydrogens is 352 g/mol. The molecule has 0 radical (unpaired) electrons. The minimum absolute atomic E-state index is 0.0806. The van der Waals surface area contributed by atoms with E-state index in [1.54, 1.807) is 19.2 Å². The van der Waals surface area contributed by atoms with Crippen molar-refractivity contribution in [1.82, 2.24) is 9.88 Å². The van der Waals surface area contributed by atoms with E-state index in [4.69, 9.17) is 4.74 Å². The molecule has 26 heavy (non-hydrogen) atoms. The number of aromatic nitrogens is 1. The number of nitro benzene ring substituents is 1. The van der Waals surface area contributed by atoms with Crippen molar-refractivity contribution in [2.75, 3.05) is 33.1 Å². The first-order valence-electron chi connectivity index (χ1n) is 8.07. The summed E-state index contributed by atoms with van der Waals surface area (Å²) in [5, 5.41) is 15.0. The fraction of sp³-hybridized carbons (Fsp3) is 0.278. The highest BCUT2D eigenvalue weighted by molar-refractivity contribution is 7.22. The number of methoxy groups -OCH3 is 1. The predicted octanol–water partition coefficient (Wildman–Crippen LogP) is 3.93. The Morgan fingerprint density at radius 3 is 2.62 bits per heavy atom. The number of rotatable bonds is 7. The molecular formula is C18H20N4O3S. The van der Waals surface area contributed by atoms with Gasteiger partial charge in [0, 0.05) is 18.7 Å². The Kier molecular flexibility index (Phi) is 5.34. The highest BCUT2D eigenvalue weighted by atomic mass is 32.1. The Morgan fingerprint density at radius 2 is 2.00 bits per heavy atom. The number of likely N-dealkylation sites (N-methyl/N-ethyl adjacent to an activating group) is 1. The maximum atomic E-state index is 10.9. The fourth-order valence-electron chi connectivity index (χ4n) is 2.71. The molecule has 3 rings (SSSR count). The maximum Gasteiger partial charge on any atom is 0.270 e. The molecule has 1 aromatic heterocycles. The van der Waals surface area contributed by atoms with Gasteiger partial charge in [-0.15, -0.1) is 0 Å². The molecule has 1 atom stereocenters. The number of hydrogen-bond donors (Lipinski definition) is 1. The first kappa shape index (κ1) is 18.1. The summed E-state index contributed by atoms with van der Waals surface area (Å²) >= 11 is 1.42. The average molecular weight is 372 g/mol. The van der Waals surface area contributed by atoms with Crippen molar-refractivity contribution in [1.29, 1.82) is 0 Å². The van der Waals surface area contributed by atoms with E-state index in [9.17, 15) is 10.1 Å². The van der Waals surface area contributed by atoms with Gasteiger partial charge < -0.3 is 15.0 Å². The van der Waals surface area contributed by atoms with Gasteiger partial charge in [-0.25, -0.2) is 4.98 Å². The normalized spacial score (nSPS) is 12.3. The predicted molar refractivity (Wildman–Crippen MR) is 104 cm³/mol. The highest BCUT2D eigenvalue weighted by Crippen LogP contribution is 2.30. The number of nitrogens with one attached hydrogen (secondary N) is 1. The quantitative estimate of drug-likeness (QED) is 0.500. The molecule has 0 aliphatic carbocycles. The van der Waals surface area contributed by atoms with Crippen LogP contribution in [0.3, 0.4) is 0 Å². The van der Waals surface area contributed by atoms with E-state index in [0.717, 1.165) is 21.1 Å². The van der Waals surface area contributed by atoms with Gasteiger partial charge in [0.25, 0.3) is 5.69 Å². The minimum Gasteiger partial charge on any atom is -0.497 e. The number of thiazole rings is 1. The molecule has 8 heteroatoms. The number of fused-ring (bicyclic) bond motifs is 1. The Hall–Kier alpha value is -2.71. The monoisotopic (exact) mass is 372 g/mol. The SMILES string of the molecule is COc1ccc(C(CNc2nc3ccc([N+](=O)[O-])cc3s2)N(C)C)cc1. The van der Waals surface area contributed by atoms with Gasteiger partial charge in [0.1, 0.15) is 5.75 Å². The van der Waals surface area contributed by atoms with Gasteiger partial charge in [0.05, 0.1) is 28.3 Å². The van der Waals surface area contributed by atoms with Crippen molar-refractivity contribution >= 4 is 32.4 Å². The molecule has 0 fully saturated rings. The molecule has 1 unspecified atom stereocenters. The van der Waals surface area contributed by atoms with Crippen molar-refractivity contribution in [3.05, 3.63) is 58.1 Å². The minimum atomic E-state index is -0.391. The number of nitrogens with zero attached hydrogens (tertiary/aromatic N) is 3. The molecule has 7 nitrogen and oxygen atoms in total. The van der Waals surface area contributed by atoms with Crippen LogP contribution in [0.15, 0.2) is 42.5 Å². The van der Waals surface area contributed by atoms with Gasteiger partial charge in [-0.3, -0.25) is 10.1 Å². The molecule has 3 aromatic rings. The van der Waals surface area contributed by atoms with Gasteiger partial charge >= 0.3 is 0 Å². The molecule has 0 aliphatic heterocycles. The first-order valence-corrected chi connectivity index (χ1v) is 8.89. The van der Waals surface area contributed by atoms with Crippen LogP contribution in [0.1, 0.15) is 11.6 Å². The van der Waals surface area contributed by atoms with Gasteiger partial charge in [-0.05, 0) is 37.9 Å². The largest absolute Gasteiger partial charge is 0.497 e. The summed E-state index contributed by atoms with van der Waals surface area (Å²) in [7, 11) is 5.70. The van der Waals surface area contributed by atoms with E-state index >= 15 is 0 Å². The lowest BCUT2D eigenvalue weighted by atomic mass is 10.1. The molecule has 0 bridgehead atoms. The summed E-state index contributed by atoms with van der Waals surface area (Å²) in [6.45, 7) is 0.668. The highest BCUT2D eigenvalue weighted by Gasteiger charge is 2.16. The van der Waals surface area contributed by atoms with Gasteiger partial charge in [0.15, 0.2) is 5.13 Å². The van der Waals surface area contributed by atoms with Crippen molar-refractivity contribution < 1.29 is 9.66 Å². The molecule has 2 aromatic carbocycles. The second-order valence-electron chi connectivity index (χ2n) is 6.06. The Balaban J connectivity index is 1.76. The Bertz CT molecular complexity index is 908. The van der Waals surface area contributed by atoms with Crippen LogP contribution in [0.4, 0.5) is 10.8 Å². The van der Waals surface area contributed by atoms with E-state index in [-0.39, 0.29) is 11.7 Å². The number of nitro groups is 1. The third-order valence-corrected chi connectivity index (χ3v) is 5.13. The van der Waals surface area contributed by atoms with Crippen molar-refractivity contribution in [2.45, 2.75) is 6.04 Å². The molecule has 1 N–H and O–H groups in total.